The SMILES string of the molecule is Cc1cc(F)cc(C)c1S(=O)(=O)Nc1ccc(F)cc1I. The normalized spacial score (nSPS) is 11.5. The van der Waals surface area contributed by atoms with E-state index in [0.717, 1.165) is 12.1 Å². The first-order chi connectivity index (χ1) is 9.70. The average Bonchev–Trinajstić information content (AvgIpc) is 2.30. The lowest BCUT2D eigenvalue weighted by Crippen LogP contribution is -2.16. The molecule has 21 heavy (non-hydrogen) atoms. The van der Waals surface area contributed by atoms with E-state index in [2.05, 4.69) is 4.72 Å². The molecule has 1 N–H and O–H groups in total. The molecule has 0 aliphatic rings. The summed E-state index contributed by atoms with van der Waals surface area (Å²) in [4.78, 5) is 0.0315. The highest BCUT2D eigenvalue weighted by atomic mass is 127. The summed E-state index contributed by atoms with van der Waals surface area (Å²) in [7, 11) is -3.87. The zero-order valence-electron chi connectivity index (χ0n) is 11.2. The molecule has 0 bridgehead atoms. The maximum absolute atomic E-state index is 13.3. The van der Waals surface area contributed by atoms with Gasteiger partial charge in [0.25, 0.3) is 10.0 Å². The molecule has 2 aromatic rings. The molecule has 2 aromatic carbocycles. The van der Waals surface area contributed by atoms with Crippen molar-refractivity contribution < 1.29 is 17.2 Å². The summed E-state index contributed by atoms with van der Waals surface area (Å²) in [5.74, 6) is -0.934. The van der Waals surface area contributed by atoms with Crippen molar-refractivity contribution in [1.82, 2.24) is 0 Å². The molecule has 112 valence electrons. The van der Waals surface area contributed by atoms with Crippen LogP contribution >= 0.6 is 22.6 Å². The van der Waals surface area contributed by atoms with Gasteiger partial charge in [0.1, 0.15) is 11.6 Å². The second kappa shape index (κ2) is 5.88. The van der Waals surface area contributed by atoms with Crippen LogP contribution in [0.2, 0.25) is 0 Å². The molecule has 0 aromatic heterocycles. The highest BCUT2D eigenvalue weighted by Gasteiger charge is 2.21. The number of halogens is 3. The van der Waals surface area contributed by atoms with E-state index >= 15 is 0 Å². The van der Waals surface area contributed by atoms with Gasteiger partial charge in [0, 0.05) is 3.57 Å². The number of nitrogens with one attached hydrogen (secondary N) is 1. The Morgan fingerprint density at radius 2 is 1.57 bits per heavy atom. The Kier molecular flexibility index (Phi) is 4.52. The average molecular weight is 423 g/mol. The van der Waals surface area contributed by atoms with Crippen LogP contribution in [0.3, 0.4) is 0 Å². The molecule has 0 radical (unpaired) electrons. The third-order valence-corrected chi connectivity index (χ3v) is 5.43. The number of hydrogen-bond donors (Lipinski definition) is 1. The predicted molar refractivity (Wildman–Crippen MR) is 85.8 cm³/mol. The van der Waals surface area contributed by atoms with Crippen molar-refractivity contribution in [3.8, 4) is 0 Å². The molecule has 0 amide bonds. The van der Waals surface area contributed by atoms with E-state index in [1.807, 2.05) is 22.6 Å². The fraction of sp³-hybridized carbons (Fsp3) is 0.143. The quantitative estimate of drug-likeness (QED) is 0.760. The van der Waals surface area contributed by atoms with Gasteiger partial charge in [-0.15, -0.1) is 0 Å². The summed E-state index contributed by atoms with van der Waals surface area (Å²) in [6.07, 6.45) is 0. The fourth-order valence-corrected chi connectivity index (χ4v) is 4.42. The Morgan fingerprint density at radius 3 is 2.10 bits per heavy atom. The van der Waals surface area contributed by atoms with Gasteiger partial charge >= 0.3 is 0 Å². The first-order valence-electron chi connectivity index (χ1n) is 5.95. The Labute approximate surface area is 135 Å². The zero-order valence-corrected chi connectivity index (χ0v) is 14.2. The van der Waals surface area contributed by atoms with Crippen LogP contribution in [-0.4, -0.2) is 8.42 Å². The van der Waals surface area contributed by atoms with Crippen LogP contribution < -0.4 is 4.72 Å². The Morgan fingerprint density at radius 1 is 1.00 bits per heavy atom. The largest absolute Gasteiger partial charge is 0.279 e. The van der Waals surface area contributed by atoms with Crippen molar-refractivity contribution in [3.05, 3.63) is 56.7 Å². The standard InChI is InChI=1S/C14H12F2INO2S/c1-8-5-11(16)6-9(2)14(8)21(19,20)18-13-4-3-10(15)7-12(13)17/h3-7,18H,1-2H3. The number of sulfonamides is 1. The van der Waals surface area contributed by atoms with Gasteiger partial charge in [-0.3, -0.25) is 4.72 Å². The Bertz CT molecular complexity index is 784. The van der Waals surface area contributed by atoms with Crippen LogP contribution in [0, 0.1) is 29.1 Å². The lowest BCUT2D eigenvalue weighted by atomic mass is 10.1. The summed E-state index contributed by atoms with van der Waals surface area (Å²) in [6.45, 7) is 3.06. The lowest BCUT2D eigenvalue weighted by Gasteiger charge is -2.14. The molecule has 0 aliphatic carbocycles. The fourth-order valence-electron chi connectivity index (χ4n) is 2.09. The van der Waals surface area contributed by atoms with E-state index in [0.29, 0.717) is 14.7 Å². The minimum absolute atomic E-state index is 0.0315. The number of hydrogen-bond acceptors (Lipinski definition) is 2. The van der Waals surface area contributed by atoms with Gasteiger partial charge in [-0.2, -0.15) is 0 Å². The van der Waals surface area contributed by atoms with E-state index < -0.39 is 21.7 Å². The number of rotatable bonds is 3. The summed E-state index contributed by atoms with van der Waals surface area (Å²) in [5.41, 5.74) is 0.911. The highest BCUT2D eigenvalue weighted by molar-refractivity contribution is 14.1. The molecule has 0 atom stereocenters. The van der Waals surface area contributed by atoms with Crippen LogP contribution in [0.1, 0.15) is 11.1 Å². The molecule has 2 rings (SSSR count). The smallest absolute Gasteiger partial charge is 0.262 e. The van der Waals surface area contributed by atoms with E-state index in [1.165, 1.54) is 32.0 Å². The molecule has 0 saturated carbocycles. The molecule has 0 unspecified atom stereocenters. The second-order valence-corrected chi connectivity index (χ2v) is 7.38. The molecular formula is C14H12F2INO2S. The van der Waals surface area contributed by atoms with Gasteiger partial charge < -0.3 is 0 Å². The van der Waals surface area contributed by atoms with Crippen LogP contribution in [0.15, 0.2) is 35.2 Å². The van der Waals surface area contributed by atoms with Crippen molar-refractivity contribution >= 4 is 38.3 Å². The number of aryl methyl sites for hydroxylation is 2. The van der Waals surface area contributed by atoms with Crippen LogP contribution in [0.25, 0.3) is 0 Å². The monoisotopic (exact) mass is 423 g/mol. The van der Waals surface area contributed by atoms with Gasteiger partial charge in [0.15, 0.2) is 0 Å². The first kappa shape index (κ1) is 16.2. The maximum Gasteiger partial charge on any atom is 0.262 e. The molecule has 0 heterocycles. The van der Waals surface area contributed by atoms with Gasteiger partial charge in [-0.05, 0) is 77.9 Å². The minimum Gasteiger partial charge on any atom is -0.279 e. The van der Waals surface area contributed by atoms with Crippen molar-refractivity contribution in [2.75, 3.05) is 4.72 Å². The Balaban J connectivity index is 2.48. The molecule has 0 fully saturated rings. The molecular weight excluding hydrogens is 411 g/mol. The molecule has 7 heteroatoms. The van der Waals surface area contributed by atoms with Crippen molar-refractivity contribution in [1.29, 1.82) is 0 Å². The maximum atomic E-state index is 13.3. The molecule has 0 saturated heterocycles. The van der Waals surface area contributed by atoms with Crippen LogP contribution in [-0.2, 0) is 10.0 Å². The third-order valence-electron chi connectivity index (χ3n) is 2.87. The van der Waals surface area contributed by atoms with Gasteiger partial charge in [0.2, 0.25) is 0 Å². The lowest BCUT2D eigenvalue weighted by molar-refractivity contribution is 0.597. The van der Waals surface area contributed by atoms with Crippen LogP contribution in [0.5, 0.6) is 0 Å². The van der Waals surface area contributed by atoms with Crippen molar-refractivity contribution in [3.63, 3.8) is 0 Å². The van der Waals surface area contributed by atoms with Crippen LogP contribution in [0.4, 0.5) is 14.5 Å². The van der Waals surface area contributed by atoms with E-state index in [4.69, 9.17) is 0 Å². The zero-order chi connectivity index (χ0) is 15.8. The van der Waals surface area contributed by atoms with E-state index in [9.17, 15) is 17.2 Å². The molecule has 3 nitrogen and oxygen atoms in total. The Hall–Kier alpha value is -1.22. The van der Waals surface area contributed by atoms with E-state index in [1.54, 1.807) is 0 Å². The first-order valence-corrected chi connectivity index (χ1v) is 8.51. The third kappa shape index (κ3) is 3.52. The summed E-state index contributed by atoms with van der Waals surface area (Å²) < 4.78 is 54.1. The molecule has 0 aliphatic heterocycles. The van der Waals surface area contributed by atoms with Gasteiger partial charge in [-0.25, -0.2) is 17.2 Å². The van der Waals surface area contributed by atoms with Crippen molar-refractivity contribution in [2.45, 2.75) is 18.7 Å². The highest BCUT2D eigenvalue weighted by Crippen LogP contribution is 2.26. The van der Waals surface area contributed by atoms with E-state index in [-0.39, 0.29) is 10.6 Å². The predicted octanol–water partition coefficient (Wildman–Crippen LogP) is 3.99. The molecule has 0 spiro atoms. The number of benzene rings is 2. The number of anilines is 1. The summed E-state index contributed by atoms with van der Waals surface area (Å²) >= 11 is 1.84. The second-order valence-electron chi connectivity index (χ2n) is 4.60. The van der Waals surface area contributed by atoms with Crippen molar-refractivity contribution in [2.24, 2.45) is 0 Å². The summed E-state index contributed by atoms with van der Waals surface area (Å²) in [6, 6.07) is 6.07. The van der Waals surface area contributed by atoms with Gasteiger partial charge in [-0.1, -0.05) is 0 Å². The topological polar surface area (TPSA) is 46.2 Å². The summed E-state index contributed by atoms with van der Waals surface area (Å²) in [5, 5.41) is 0. The minimum atomic E-state index is -3.87. The van der Waals surface area contributed by atoms with Gasteiger partial charge in [0.05, 0.1) is 10.6 Å².